The van der Waals surface area contributed by atoms with Crippen LogP contribution in [0.5, 0.6) is 0 Å². The molecule has 2 aliphatic rings. The Hall–Kier alpha value is -1.14. The van der Waals surface area contributed by atoms with E-state index in [0.717, 1.165) is 19.3 Å². The summed E-state index contributed by atoms with van der Waals surface area (Å²) in [4.78, 5) is 24.4. The molecule has 96 valence electrons. The van der Waals surface area contributed by atoms with Crippen molar-refractivity contribution in [3.05, 3.63) is 0 Å². The van der Waals surface area contributed by atoms with Crippen molar-refractivity contribution in [1.29, 1.82) is 0 Å². The molecule has 3 atom stereocenters. The topological polar surface area (TPSA) is 89.9 Å². The Balaban J connectivity index is 2.11. The second-order valence-corrected chi connectivity index (χ2v) is 4.71. The van der Waals surface area contributed by atoms with Gasteiger partial charge >= 0.3 is 5.97 Å². The molecule has 3 N–H and O–H groups in total. The maximum Gasteiger partial charge on any atom is 0.305 e. The monoisotopic (exact) mass is 242 g/mol. The Morgan fingerprint density at radius 3 is 2.82 bits per heavy atom. The molecule has 0 aromatic heterocycles. The van der Waals surface area contributed by atoms with Gasteiger partial charge in [-0.25, -0.2) is 0 Å². The van der Waals surface area contributed by atoms with Crippen LogP contribution in [0.25, 0.3) is 0 Å². The van der Waals surface area contributed by atoms with E-state index < -0.39 is 18.1 Å². The van der Waals surface area contributed by atoms with Gasteiger partial charge in [0, 0.05) is 19.1 Å². The zero-order valence-corrected chi connectivity index (χ0v) is 9.63. The number of amides is 1. The molecule has 17 heavy (non-hydrogen) atoms. The molecule has 1 aliphatic carbocycles. The van der Waals surface area contributed by atoms with Gasteiger partial charge in [0.2, 0.25) is 5.91 Å². The van der Waals surface area contributed by atoms with Crippen LogP contribution in [0.15, 0.2) is 0 Å². The van der Waals surface area contributed by atoms with Gasteiger partial charge in [-0.05, 0) is 19.3 Å². The number of aliphatic carboxylic acids is 1. The maximum atomic E-state index is 11.7. The van der Waals surface area contributed by atoms with E-state index in [1.165, 1.54) is 0 Å². The molecule has 6 nitrogen and oxygen atoms in total. The van der Waals surface area contributed by atoms with E-state index in [4.69, 9.17) is 5.11 Å². The van der Waals surface area contributed by atoms with Crippen LogP contribution in [0.1, 0.15) is 25.7 Å². The number of rotatable bonds is 3. The molecule has 1 aliphatic heterocycles. The van der Waals surface area contributed by atoms with E-state index in [2.05, 4.69) is 5.32 Å². The van der Waals surface area contributed by atoms with Crippen molar-refractivity contribution in [2.24, 2.45) is 0 Å². The fourth-order valence-electron chi connectivity index (χ4n) is 2.81. The number of carboxylic acids is 1. The summed E-state index contributed by atoms with van der Waals surface area (Å²) in [6.07, 6.45) is 1.88. The Labute approximate surface area is 99.6 Å². The lowest BCUT2D eigenvalue weighted by Gasteiger charge is -2.39. The third-order valence-corrected chi connectivity index (χ3v) is 3.61. The van der Waals surface area contributed by atoms with Gasteiger partial charge in [0.05, 0.1) is 12.5 Å². The standard InChI is InChI=1S/C11H18N2O4/c14-9-3-1-2-7(9)13-5-4-12-11(17)8(13)6-10(15)16/h7-9,14H,1-6H2,(H,12,17)(H,15,16). The van der Waals surface area contributed by atoms with Gasteiger partial charge in [-0.1, -0.05) is 0 Å². The number of nitrogens with one attached hydrogen (secondary N) is 1. The third-order valence-electron chi connectivity index (χ3n) is 3.61. The van der Waals surface area contributed by atoms with E-state index in [-0.39, 0.29) is 18.4 Å². The van der Waals surface area contributed by atoms with Gasteiger partial charge in [-0.3, -0.25) is 14.5 Å². The van der Waals surface area contributed by atoms with E-state index in [1.807, 2.05) is 4.90 Å². The van der Waals surface area contributed by atoms with Crippen LogP contribution in [0.4, 0.5) is 0 Å². The number of carbonyl (C=O) groups is 2. The van der Waals surface area contributed by atoms with Crippen molar-refractivity contribution in [3.63, 3.8) is 0 Å². The van der Waals surface area contributed by atoms with Crippen LogP contribution in [-0.4, -0.2) is 58.3 Å². The van der Waals surface area contributed by atoms with E-state index >= 15 is 0 Å². The summed E-state index contributed by atoms with van der Waals surface area (Å²) in [5.74, 6) is -1.22. The number of aliphatic hydroxyl groups excluding tert-OH is 1. The van der Waals surface area contributed by atoms with Crippen molar-refractivity contribution < 1.29 is 19.8 Å². The normalized spacial score (nSPS) is 34.6. The maximum absolute atomic E-state index is 11.7. The number of hydrogen-bond donors (Lipinski definition) is 3. The lowest BCUT2D eigenvalue weighted by Crippen LogP contribution is -2.60. The first-order chi connectivity index (χ1) is 8.09. The van der Waals surface area contributed by atoms with Crippen LogP contribution >= 0.6 is 0 Å². The van der Waals surface area contributed by atoms with Gasteiger partial charge in [0.25, 0.3) is 0 Å². The molecule has 0 spiro atoms. The molecule has 2 fully saturated rings. The third kappa shape index (κ3) is 2.58. The zero-order chi connectivity index (χ0) is 12.4. The fraction of sp³-hybridized carbons (Fsp3) is 0.818. The second kappa shape index (κ2) is 5.01. The predicted octanol–water partition coefficient (Wildman–Crippen LogP) is -0.825. The summed E-state index contributed by atoms with van der Waals surface area (Å²) >= 11 is 0. The summed E-state index contributed by atoms with van der Waals surface area (Å²) in [5.41, 5.74) is 0. The molecule has 0 aromatic carbocycles. The number of carboxylic acid groups (broad SMARTS) is 1. The Bertz CT molecular complexity index is 321. The number of carbonyl (C=O) groups excluding carboxylic acids is 1. The minimum atomic E-state index is -0.982. The Kier molecular flexibility index (Phi) is 3.63. The zero-order valence-electron chi connectivity index (χ0n) is 9.63. The molecule has 0 radical (unpaired) electrons. The molecule has 2 rings (SSSR count). The first-order valence-corrected chi connectivity index (χ1v) is 6.03. The highest BCUT2D eigenvalue weighted by atomic mass is 16.4. The van der Waals surface area contributed by atoms with Crippen molar-refractivity contribution in [1.82, 2.24) is 10.2 Å². The van der Waals surface area contributed by atoms with Crippen LogP contribution < -0.4 is 5.32 Å². The van der Waals surface area contributed by atoms with E-state index in [0.29, 0.717) is 13.1 Å². The minimum absolute atomic E-state index is 0.0644. The molecule has 1 heterocycles. The molecule has 1 saturated heterocycles. The quantitative estimate of drug-likeness (QED) is 0.601. The molecular weight excluding hydrogens is 224 g/mol. The van der Waals surface area contributed by atoms with E-state index in [1.54, 1.807) is 0 Å². The van der Waals surface area contributed by atoms with Crippen LogP contribution in [0.2, 0.25) is 0 Å². The first-order valence-electron chi connectivity index (χ1n) is 6.03. The Morgan fingerprint density at radius 2 is 2.24 bits per heavy atom. The largest absolute Gasteiger partial charge is 0.481 e. The van der Waals surface area contributed by atoms with Crippen molar-refractivity contribution >= 4 is 11.9 Å². The SMILES string of the molecule is O=C(O)CC1C(=O)NCCN1C1CCCC1O. The number of nitrogens with zero attached hydrogens (tertiary/aromatic N) is 1. The fourth-order valence-corrected chi connectivity index (χ4v) is 2.81. The summed E-state index contributed by atoms with van der Waals surface area (Å²) in [6.45, 7) is 1.14. The molecule has 1 saturated carbocycles. The predicted molar refractivity (Wildman–Crippen MR) is 59.4 cm³/mol. The molecule has 0 bridgehead atoms. The highest BCUT2D eigenvalue weighted by molar-refractivity contribution is 5.86. The smallest absolute Gasteiger partial charge is 0.305 e. The average molecular weight is 242 g/mol. The highest BCUT2D eigenvalue weighted by Gasteiger charge is 2.40. The van der Waals surface area contributed by atoms with Crippen molar-refractivity contribution in [3.8, 4) is 0 Å². The van der Waals surface area contributed by atoms with Gasteiger partial charge in [-0.2, -0.15) is 0 Å². The van der Waals surface area contributed by atoms with Gasteiger partial charge in [-0.15, -0.1) is 0 Å². The second-order valence-electron chi connectivity index (χ2n) is 4.71. The summed E-state index contributed by atoms with van der Waals surface area (Å²) in [5, 5.41) is 21.4. The van der Waals surface area contributed by atoms with Crippen molar-refractivity contribution in [2.75, 3.05) is 13.1 Å². The molecule has 0 aromatic rings. The number of piperazine rings is 1. The summed E-state index contributed by atoms with van der Waals surface area (Å²) in [7, 11) is 0. The first kappa shape index (κ1) is 12.3. The molecule has 3 unspecified atom stereocenters. The summed E-state index contributed by atoms with van der Waals surface area (Å²) in [6, 6.07) is -0.704. The minimum Gasteiger partial charge on any atom is -0.481 e. The van der Waals surface area contributed by atoms with Crippen LogP contribution in [0.3, 0.4) is 0 Å². The van der Waals surface area contributed by atoms with Gasteiger partial charge < -0.3 is 15.5 Å². The lowest BCUT2D eigenvalue weighted by atomic mass is 10.0. The number of hydrogen-bond acceptors (Lipinski definition) is 4. The van der Waals surface area contributed by atoms with Gasteiger partial charge in [0.15, 0.2) is 0 Å². The lowest BCUT2D eigenvalue weighted by molar-refractivity contribution is -0.144. The van der Waals surface area contributed by atoms with Crippen LogP contribution in [-0.2, 0) is 9.59 Å². The Morgan fingerprint density at radius 1 is 1.47 bits per heavy atom. The highest BCUT2D eigenvalue weighted by Crippen LogP contribution is 2.27. The molecule has 6 heteroatoms. The molecule has 1 amide bonds. The summed E-state index contributed by atoms with van der Waals surface area (Å²) < 4.78 is 0. The average Bonchev–Trinajstić information content (AvgIpc) is 2.67. The van der Waals surface area contributed by atoms with E-state index in [9.17, 15) is 14.7 Å². The van der Waals surface area contributed by atoms with Gasteiger partial charge in [0.1, 0.15) is 6.04 Å². The number of aliphatic hydroxyl groups is 1. The van der Waals surface area contributed by atoms with Crippen molar-refractivity contribution in [2.45, 2.75) is 43.9 Å². The molecular formula is C11H18N2O4. The van der Waals surface area contributed by atoms with Crippen LogP contribution in [0, 0.1) is 0 Å².